The molecule has 1 aromatic carbocycles. The van der Waals surface area contributed by atoms with Gasteiger partial charge in [-0.25, -0.2) is 0 Å². The number of nitrogens with one attached hydrogen (secondary N) is 1. The van der Waals surface area contributed by atoms with Gasteiger partial charge >= 0.3 is 0 Å². The molecule has 1 atom stereocenters. The number of benzene rings is 1. The van der Waals surface area contributed by atoms with E-state index in [0.717, 1.165) is 5.56 Å². The van der Waals surface area contributed by atoms with E-state index in [2.05, 4.69) is 15.5 Å². The first kappa shape index (κ1) is 22.1. The molecule has 0 saturated carbocycles. The average molecular weight is 457 g/mol. The summed E-state index contributed by atoms with van der Waals surface area (Å²) in [6, 6.07) is 9.86. The van der Waals surface area contributed by atoms with Gasteiger partial charge in [0.1, 0.15) is 6.04 Å². The second-order valence-electron chi connectivity index (χ2n) is 8.24. The molecule has 1 aliphatic heterocycles. The Balaban J connectivity index is 1.36. The van der Waals surface area contributed by atoms with Gasteiger partial charge in [0, 0.05) is 29.6 Å². The maximum atomic E-state index is 13.1. The first-order valence-corrected chi connectivity index (χ1v) is 11.0. The minimum atomic E-state index is -0.621. The maximum Gasteiger partial charge on any atom is 0.287 e. The molecule has 8 nitrogen and oxygen atoms in total. The monoisotopic (exact) mass is 456 g/mol. The second kappa shape index (κ2) is 9.56. The van der Waals surface area contributed by atoms with E-state index in [-0.39, 0.29) is 23.5 Å². The molecule has 4 rings (SSSR count). The molecule has 1 fully saturated rings. The Morgan fingerprint density at radius 3 is 2.50 bits per heavy atom. The summed E-state index contributed by atoms with van der Waals surface area (Å²) in [5.41, 5.74) is 0.837. The standard InChI is InChI=1S/C23H25ClN4O4/c1-14(2)19(25-21(29)18-4-3-13-31-18)23(30)28-11-9-16(10-12-28)22-26-20(27-32-22)15-5-7-17(24)8-6-15/h3-8,13-14,16,19H,9-12H2,1-2H3,(H,25,29)/t19-/m1/s1. The van der Waals surface area contributed by atoms with Crippen LogP contribution in [0.2, 0.25) is 5.02 Å². The molecule has 2 amide bonds. The van der Waals surface area contributed by atoms with Crippen molar-refractivity contribution < 1.29 is 18.5 Å². The normalized spacial score (nSPS) is 15.7. The Morgan fingerprint density at radius 2 is 1.88 bits per heavy atom. The second-order valence-corrected chi connectivity index (χ2v) is 8.67. The Kier molecular flexibility index (Phi) is 6.60. The van der Waals surface area contributed by atoms with Crippen LogP contribution in [0.5, 0.6) is 0 Å². The van der Waals surface area contributed by atoms with Gasteiger partial charge in [-0.2, -0.15) is 4.98 Å². The molecule has 2 aromatic heterocycles. The summed E-state index contributed by atoms with van der Waals surface area (Å²) in [6.07, 6.45) is 2.86. The number of nitrogens with zero attached hydrogens (tertiary/aromatic N) is 3. The third kappa shape index (κ3) is 4.85. The topological polar surface area (TPSA) is 101 Å². The Morgan fingerprint density at radius 1 is 1.16 bits per heavy atom. The van der Waals surface area contributed by atoms with Crippen molar-refractivity contribution in [3.63, 3.8) is 0 Å². The Labute approximate surface area is 190 Å². The van der Waals surface area contributed by atoms with E-state index in [1.54, 1.807) is 29.2 Å². The first-order chi connectivity index (χ1) is 15.4. The maximum absolute atomic E-state index is 13.1. The zero-order valence-electron chi connectivity index (χ0n) is 18.0. The predicted octanol–water partition coefficient (Wildman–Crippen LogP) is 4.14. The predicted molar refractivity (Wildman–Crippen MR) is 118 cm³/mol. The number of hydrogen-bond donors (Lipinski definition) is 1. The van der Waals surface area contributed by atoms with Gasteiger partial charge in [-0.1, -0.05) is 30.6 Å². The number of amides is 2. The highest BCUT2D eigenvalue weighted by Gasteiger charge is 2.33. The number of furan rings is 1. The van der Waals surface area contributed by atoms with Crippen molar-refractivity contribution in [2.45, 2.75) is 38.6 Å². The lowest BCUT2D eigenvalue weighted by Crippen LogP contribution is -2.52. The smallest absolute Gasteiger partial charge is 0.287 e. The summed E-state index contributed by atoms with van der Waals surface area (Å²) in [5, 5.41) is 7.55. The van der Waals surface area contributed by atoms with E-state index >= 15 is 0 Å². The van der Waals surface area contributed by atoms with Gasteiger partial charge in [0.15, 0.2) is 5.76 Å². The Bertz CT molecular complexity index is 1050. The van der Waals surface area contributed by atoms with Crippen molar-refractivity contribution >= 4 is 23.4 Å². The van der Waals surface area contributed by atoms with E-state index in [1.165, 1.54) is 6.26 Å². The van der Waals surface area contributed by atoms with Gasteiger partial charge in [0.25, 0.3) is 5.91 Å². The largest absolute Gasteiger partial charge is 0.459 e. The molecule has 9 heteroatoms. The lowest BCUT2D eigenvalue weighted by atomic mass is 9.95. The van der Waals surface area contributed by atoms with Crippen LogP contribution in [0, 0.1) is 5.92 Å². The number of likely N-dealkylation sites (tertiary alicyclic amines) is 1. The number of carbonyl (C=O) groups excluding carboxylic acids is 2. The van der Waals surface area contributed by atoms with E-state index in [9.17, 15) is 9.59 Å². The van der Waals surface area contributed by atoms with Crippen LogP contribution in [0.25, 0.3) is 11.4 Å². The van der Waals surface area contributed by atoms with Crippen molar-refractivity contribution in [2.75, 3.05) is 13.1 Å². The minimum absolute atomic E-state index is 0.0583. The molecule has 1 N–H and O–H groups in total. The number of aromatic nitrogens is 2. The van der Waals surface area contributed by atoms with Crippen LogP contribution in [0.4, 0.5) is 0 Å². The molecule has 1 aliphatic rings. The number of piperidine rings is 1. The summed E-state index contributed by atoms with van der Waals surface area (Å²) in [6.45, 7) is 4.94. The molecule has 0 radical (unpaired) electrons. The highest BCUT2D eigenvalue weighted by Crippen LogP contribution is 2.29. The van der Waals surface area contributed by atoms with E-state index in [1.807, 2.05) is 26.0 Å². The summed E-state index contributed by atoms with van der Waals surface area (Å²) in [4.78, 5) is 31.8. The Hall–Kier alpha value is -3.13. The molecular formula is C23H25ClN4O4. The van der Waals surface area contributed by atoms with Crippen LogP contribution in [0.1, 0.15) is 49.1 Å². The zero-order valence-corrected chi connectivity index (χ0v) is 18.7. The van der Waals surface area contributed by atoms with Crippen molar-refractivity contribution in [3.05, 3.63) is 59.3 Å². The zero-order chi connectivity index (χ0) is 22.7. The molecule has 1 saturated heterocycles. The number of rotatable bonds is 6. The van der Waals surface area contributed by atoms with E-state index in [4.69, 9.17) is 20.5 Å². The molecule has 3 aromatic rings. The SMILES string of the molecule is CC(C)[C@@H](NC(=O)c1ccco1)C(=O)N1CCC(c2nc(-c3ccc(Cl)cc3)no2)CC1. The number of halogens is 1. The van der Waals surface area contributed by atoms with Crippen LogP contribution in [-0.4, -0.2) is 46.0 Å². The fourth-order valence-electron chi connectivity index (χ4n) is 3.79. The molecule has 32 heavy (non-hydrogen) atoms. The van der Waals surface area contributed by atoms with Crippen molar-refractivity contribution in [1.82, 2.24) is 20.4 Å². The molecular weight excluding hydrogens is 432 g/mol. The molecule has 0 spiro atoms. The van der Waals surface area contributed by atoms with E-state index in [0.29, 0.717) is 42.7 Å². The van der Waals surface area contributed by atoms with Crippen molar-refractivity contribution in [3.8, 4) is 11.4 Å². The number of carbonyl (C=O) groups is 2. The molecule has 3 heterocycles. The van der Waals surface area contributed by atoms with Crippen LogP contribution in [0.15, 0.2) is 51.6 Å². The quantitative estimate of drug-likeness (QED) is 0.598. The minimum Gasteiger partial charge on any atom is -0.459 e. The lowest BCUT2D eigenvalue weighted by molar-refractivity contribution is -0.135. The van der Waals surface area contributed by atoms with Crippen molar-refractivity contribution in [2.24, 2.45) is 5.92 Å². The van der Waals surface area contributed by atoms with Gasteiger partial charge in [-0.05, 0) is 55.2 Å². The van der Waals surface area contributed by atoms with E-state index < -0.39 is 11.9 Å². The fourth-order valence-corrected chi connectivity index (χ4v) is 3.92. The summed E-state index contributed by atoms with van der Waals surface area (Å²) in [5.74, 6) is 0.836. The molecule has 168 valence electrons. The molecule has 0 bridgehead atoms. The summed E-state index contributed by atoms with van der Waals surface area (Å²) >= 11 is 5.94. The van der Waals surface area contributed by atoms with Crippen molar-refractivity contribution in [1.29, 1.82) is 0 Å². The third-order valence-corrected chi connectivity index (χ3v) is 5.92. The average Bonchev–Trinajstić information content (AvgIpc) is 3.50. The first-order valence-electron chi connectivity index (χ1n) is 10.6. The number of hydrogen-bond acceptors (Lipinski definition) is 6. The lowest BCUT2D eigenvalue weighted by Gasteiger charge is -2.34. The molecule has 0 unspecified atom stereocenters. The van der Waals surface area contributed by atoms with Gasteiger partial charge in [0.05, 0.1) is 6.26 Å². The summed E-state index contributed by atoms with van der Waals surface area (Å²) < 4.78 is 10.6. The van der Waals surface area contributed by atoms with Gasteiger partial charge in [-0.3, -0.25) is 9.59 Å². The molecule has 0 aliphatic carbocycles. The fraction of sp³-hybridized carbons (Fsp3) is 0.391. The highest BCUT2D eigenvalue weighted by atomic mass is 35.5. The third-order valence-electron chi connectivity index (χ3n) is 5.66. The van der Waals surface area contributed by atoms with Gasteiger partial charge < -0.3 is 19.2 Å². The van der Waals surface area contributed by atoms with Gasteiger partial charge in [-0.15, -0.1) is 0 Å². The van der Waals surface area contributed by atoms with Crippen LogP contribution in [0.3, 0.4) is 0 Å². The van der Waals surface area contributed by atoms with Crippen LogP contribution in [-0.2, 0) is 4.79 Å². The van der Waals surface area contributed by atoms with Crippen LogP contribution >= 0.6 is 11.6 Å². The highest BCUT2D eigenvalue weighted by molar-refractivity contribution is 6.30. The van der Waals surface area contributed by atoms with Crippen LogP contribution < -0.4 is 5.32 Å². The summed E-state index contributed by atoms with van der Waals surface area (Å²) in [7, 11) is 0. The van der Waals surface area contributed by atoms with Gasteiger partial charge in [0.2, 0.25) is 17.6 Å².